The van der Waals surface area contributed by atoms with Crippen molar-refractivity contribution in [3.8, 4) is 11.6 Å². The minimum atomic E-state index is 0.264. The number of hydrogen-bond donors (Lipinski definition) is 1. The predicted octanol–water partition coefficient (Wildman–Crippen LogP) is 2.23. The molecular formula is C16H15N5O2. The first-order valence-electron chi connectivity index (χ1n) is 7.36. The molecule has 1 aliphatic rings. The molecule has 0 radical (unpaired) electrons. The fraction of sp³-hybridized carbons (Fsp3) is 0.188. The molecule has 0 unspecified atom stereocenters. The highest BCUT2D eigenvalue weighted by molar-refractivity contribution is 5.75. The summed E-state index contributed by atoms with van der Waals surface area (Å²) >= 11 is 0. The van der Waals surface area contributed by atoms with E-state index in [1.54, 1.807) is 39.9 Å². The summed E-state index contributed by atoms with van der Waals surface area (Å²) in [7, 11) is 0. The Kier molecular flexibility index (Phi) is 3.11. The van der Waals surface area contributed by atoms with Crippen molar-refractivity contribution in [3.63, 3.8) is 0 Å². The summed E-state index contributed by atoms with van der Waals surface area (Å²) in [4.78, 5) is 17.3. The van der Waals surface area contributed by atoms with Crippen LogP contribution in [0.5, 0.6) is 11.6 Å². The summed E-state index contributed by atoms with van der Waals surface area (Å²) in [5, 5.41) is 4.37. The maximum atomic E-state index is 11.2. The summed E-state index contributed by atoms with van der Waals surface area (Å²) in [6.07, 6.45) is 4.59. The quantitative estimate of drug-likeness (QED) is 0.577. The number of ether oxygens (including phenoxy) is 1. The molecule has 23 heavy (non-hydrogen) atoms. The van der Waals surface area contributed by atoms with Crippen LogP contribution in [0.15, 0.2) is 42.6 Å². The van der Waals surface area contributed by atoms with Crippen molar-refractivity contribution in [2.45, 2.75) is 18.9 Å². The van der Waals surface area contributed by atoms with Crippen molar-refractivity contribution in [3.05, 3.63) is 42.6 Å². The van der Waals surface area contributed by atoms with Gasteiger partial charge in [0.25, 0.3) is 0 Å². The van der Waals surface area contributed by atoms with E-state index in [2.05, 4.69) is 10.1 Å². The maximum absolute atomic E-state index is 11.2. The van der Waals surface area contributed by atoms with Crippen LogP contribution in [0.25, 0.3) is 5.65 Å². The minimum Gasteiger partial charge on any atom is -0.438 e. The van der Waals surface area contributed by atoms with Crippen molar-refractivity contribution >= 4 is 23.6 Å². The molecule has 0 atom stereocenters. The third-order valence-electron chi connectivity index (χ3n) is 3.68. The molecule has 1 aliphatic carbocycles. The zero-order valence-corrected chi connectivity index (χ0v) is 12.3. The Morgan fingerprint density at radius 1 is 1.30 bits per heavy atom. The molecule has 116 valence electrons. The Balaban J connectivity index is 1.63. The molecule has 0 aliphatic heterocycles. The van der Waals surface area contributed by atoms with Gasteiger partial charge in [-0.15, -0.1) is 5.10 Å². The number of hydrogen-bond acceptors (Lipinski definition) is 5. The van der Waals surface area contributed by atoms with E-state index in [9.17, 15) is 4.79 Å². The van der Waals surface area contributed by atoms with Gasteiger partial charge in [-0.2, -0.15) is 0 Å². The number of amides is 1. The molecule has 0 spiro atoms. The lowest BCUT2D eigenvalue weighted by atomic mass is 10.3. The van der Waals surface area contributed by atoms with Crippen LogP contribution in [-0.2, 0) is 4.79 Å². The number of carbonyl (C=O) groups excluding carboxylic acids is 1. The monoisotopic (exact) mass is 309 g/mol. The summed E-state index contributed by atoms with van der Waals surface area (Å²) < 4.78 is 7.31. The van der Waals surface area contributed by atoms with Crippen LogP contribution >= 0.6 is 0 Å². The molecular weight excluding hydrogens is 294 g/mol. The minimum absolute atomic E-state index is 0.264. The molecule has 7 nitrogen and oxygen atoms in total. The van der Waals surface area contributed by atoms with E-state index < -0.39 is 0 Å². The highest BCUT2D eigenvalue weighted by Crippen LogP contribution is 2.30. The number of aromatic nitrogens is 3. The molecule has 1 saturated carbocycles. The zero-order chi connectivity index (χ0) is 15.8. The first kappa shape index (κ1) is 13.6. The van der Waals surface area contributed by atoms with E-state index in [-0.39, 0.29) is 6.04 Å². The SMILES string of the molecule is Nc1cccc(Oc2ccc3nc(N(C=O)C4CC4)cn3n2)c1. The van der Waals surface area contributed by atoms with Gasteiger partial charge in [-0.05, 0) is 31.0 Å². The van der Waals surface area contributed by atoms with Crippen LogP contribution < -0.4 is 15.4 Å². The summed E-state index contributed by atoms with van der Waals surface area (Å²) in [6, 6.07) is 10.9. The molecule has 0 saturated heterocycles. The number of imidazole rings is 1. The van der Waals surface area contributed by atoms with Gasteiger partial charge in [0.2, 0.25) is 12.3 Å². The van der Waals surface area contributed by atoms with Crippen LogP contribution in [0.1, 0.15) is 12.8 Å². The van der Waals surface area contributed by atoms with Crippen molar-refractivity contribution in [1.29, 1.82) is 0 Å². The largest absolute Gasteiger partial charge is 0.438 e. The average Bonchev–Trinajstić information content (AvgIpc) is 3.27. The number of anilines is 2. The first-order chi connectivity index (χ1) is 11.2. The second kappa shape index (κ2) is 5.28. The van der Waals surface area contributed by atoms with E-state index in [0.29, 0.717) is 28.8 Å². The molecule has 3 aromatic rings. The molecule has 2 heterocycles. The van der Waals surface area contributed by atoms with E-state index in [1.807, 2.05) is 12.1 Å². The van der Waals surface area contributed by atoms with Crippen LogP contribution in [-0.4, -0.2) is 27.0 Å². The molecule has 1 amide bonds. The van der Waals surface area contributed by atoms with Gasteiger partial charge < -0.3 is 10.5 Å². The fourth-order valence-electron chi connectivity index (χ4n) is 2.41. The van der Waals surface area contributed by atoms with Gasteiger partial charge >= 0.3 is 0 Å². The van der Waals surface area contributed by atoms with Crippen LogP contribution in [0.3, 0.4) is 0 Å². The highest BCUT2D eigenvalue weighted by Gasteiger charge is 2.30. The zero-order valence-electron chi connectivity index (χ0n) is 12.3. The van der Waals surface area contributed by atoms with Gasteiger partial charge in [0.15, 0.2) is 11.5 Å². The van der Waals surface area contributed by atoms with Crippen LogP contribution in [0.4, 0.5) is 11.5 Å². The second-order valence-corrected chi connectivity index (χ2v) is 5.49. The van der Waals surface area contributed by atoms with E-state index >= 15 is 0 Å². The normalized spacial score (nSPS) is 13.9. The van der Waals surface area contributed by atoms with Gasteiger partial charge in [-0.25, -0.2) is 9.50 Å². The molecule has 1 fully saturated rings. The van der Waals surface area contributed by atoms with Gasteiger partial charge in [-0.3, -0.25) is 9.69 Å². The van der Waals surface area contributed by atoms with Crippen molar-refractivity contribution in [2.75, 3.05) is 10.6 Å². The predicted molar refractivity (Wildman–Crippen MR) is 85.5 cm³/mol. The molecule has 7 heteroatoms. The molecule has 2 aromatic heterocycles. The standard InChI is InChI=1S/C16H15N5O2/c17-11-2-1-3-13(8-11)23-16-7-6-14-18-15(9-21(14)19-16)20(10-22)12-4-5-12/h1-3,6-10,12H,4-5,17H2. The lowest BCUT2D eigenvalue weighted by Gasteiger charge is -2.11. The Hall–Kier alpha value is -3.09. The lowest BCUT2D eigenvalue weighted by Crippen LogP contribution is -2.23. The summed E-state index contributed by atoms with van der Waals surface area (Å²) in [5.41, 5.74) is 7.02. The Morgan fingerprint density at radius 3 is 2.91 bits per heavy atom. The first-order valence-corrected chi connectivity index (χ1v) is 7.36. The van der Waals surface area contributed by atoms with Crippen molar-refractivity contribution in [1.82, 2.24) is 14.6 Å². The summed E-state index contributed by atoms with van der Waals surface area (Å²) in [6.45, 7) is 0. The second-order valence-electron chi connectivity index (χ2n) is 5.49. The average molecular weight is 309 g/mol. The van der Waals surface area contributed by atoms with Gasteiger partial charge in [0, 0.05) is 23.9 Å². The highest BCUT2D eigenvalue weighted by atomic mass is 16.5. The Morgan fingerprint density at radius 2 is 2.17 bits per heavy atom. The molecule has 4 rings (SSSR count). The van der Waals surface area contributed by atoms with Gasteiger partial charge in [0.05, 0.1) is 6.20 Å². The fourth-order valence-corrected chi connectivity index (χ4v) is 2.41. The third kappa shape index (κ3) is 2.68. The topological polar surface area (TPSA) is 85.8 Å². The third-order valence-corrected chi connectivity index (χ3v) is 3.68. The van der Waals surface area contributed by atoms with Crippen LogP contribution in [0.2, 0.25) is 0 Å². The van der Waals surface area contributed by atoms with E-state index in [4.69, 9.17) is 10.5 Å². The van der Waals surface area contributed by atoms with Crippen molar-refractivity contribution < 1.29 is 9.53 Å². The van der Waals surface area contributed by atoms with Gasteiger partial charge in [-0.1, -0.05) is 6.07 Å². The molecule has 0 bridgehead atoms. The smallest absolute Gasteiger partial charge is 0.237 e. The number of carbonyl (C=O) groups is 1. The lowest BCUT2D eigenvalue weighted by molar-refractivity contribution is -0.107. The van der Waals surface area contributed by atoms with Crippen molar-refractivity contribution in [2.24, 2.45) is 0 Å². The van der Waals surface area contributed by atoms with Crippen LogP contribution in [0, 0.1) is 0 Å². The number of rotatable bonds is 5. The number of fused-ring (bicyclic) bond motifs is 1. The summed E-state index contributed by atoms with van der Waals surface area (Å²) in [5.74, 6) is 1.65. The number of nitrogens with two attached hydrogens (primary N) is 1. The maximum Gasteiger partial charge on any atom is 0.237 e. The molecule has 2 N–H and O–H groups in total. The van der Waals surface area contributed by atoms with E-state index in [1.165, 1.54) is 0 Å². The van der Waals surface area contributed by atoms with Gasteiger partial charge in [0.1, 0.15) is 5.75 Å². The van der Waals surface area contributed by atoms with E-state index in [0.717, 1.165) is 19.3 Å². The Labute approximate surface area is 132 Å². The number of nitrogen functional groups attached to an aromatic ring is 1. The Bertz CT molecular complexity index is 872. The molecule has 1 aromatic carbocycles. The number of nitrogens with zero attached hydrogens (tertiary/aromatic N) is 4. The number of benzene rings is 1.